The molecule has 0 saturated heterocycles. The number of amides is 2. The number of hydrogen-bond donors (Lipinski definition) is 3. The van der Waals surface area contributed by atoms with E-state index in [0.29, 0.717) is 40.1 Å². The van der Waals surface area contributed by atoms with E-state index in [1.165, 1.54) is 26.0 Å². The first-order valence-electron chi connectivity index (χ1n) is 11.0. The number of nitrogens with zero attached hydrogens (tertiary/aromatic N) is 3. The van der Waals surface area contributed by atoms with Gasteiger partial charge in [-0.2, -0.15) is 0 Å². The Morgan fingerprint density at radius 3 is 2.28 bits per heavy atom. The number of methoxy groups -OCH3 is 2. The molecule has 1 aromatic heterocycles. The van der Waals surface area contributed by atoms with Gasteiger partial charge in [-0.3, -0.25) is 9.59 Å². The van der Waals surface area contributed by atoms with Crippen LogP contribution in [0.5, 0.6) is 5.75 Å². The fourth-order valence-electron chi connectivity index (χ4n) is 3.27. The van der Waals surface area contributed by atoms with E-state index < -0.39 is 12.0 Å². The highest BCUT2D eigenvalue weighted by molar-refractivity contribution is 7.99. The van der Waals surface area contributed by atoms with E-state index in [4.69, 9.17) is 4.74 Å². The van der Waals surface area contributed by atoms with Gasteiger partial charge in [-0.05, 0) is 55.5 Å². The molecule has 0 aliphatic rings. The molecular weight excluding hydrogens is 486 g/mol. The summed E-state index contributed by atoms with van der Waals surface area (Å²) in [6, 6.07) is 12.1. The summed E-state index contributed by atoms with van der Waals surface area (Å²) in [4.78, 5) is 36.6. The van der Waals surface area contributed by atoms with Crippen molar-refractivity contribution < 1.29 is 29.0 Å². The number of benzene rings is 2. The normalized spacial score (nSPS) is 11.4. The van der Waals surface area contributed by atoms with E-state index in [1.807, 2.05) is 6.92 Å². The molecule has 11 nitrogen and oxygen atoms in total. The average molecular weight is 514 g/mol. The molecule has 0 bridgehead atoms. The molecule has 0 aliphatic carbocycles. The van der Waals surface area contributed by atoms with Gasteiger partial charge < -0.3 is 29.8 Å². The number of hydrogen-bond acceptors (Lipinski definition) is 9. The second-order valence-electron chi connectivity index (χ2n) is 7.43. The fraction of sp³-hybridized carbons (Fsp3) is 0.292. The molecule has 3 N–H and O–H groups in total. The molecule has 0 aliphatic heterocycles. The molecule has 0 spiro atoms. The quantitative estimate of drug-likeness (QED) is 0.260. The lowest BCUT2D eigenvalue weighted by Crippen LogP contribution is -2.32. The van der Waals surface area contributed by atoms with Crippen LogP contribution >= 0.6 is 11.8 Å². The molecule has 36 heavy (non-hydrogen) atoms. The van der Waals surface area contributed by atoms with Crippen molar-refractivity contribution in [3.05, 3.63) is 65.5 Å². The Bertz CT molecular complexity index is 1200. The highest BCUT2D eigenvalue weighted by Gasteiger charge is 2.23. The molecule has 1 atom stereocenters. The van der Waals surface area contributed by atoms with Crippen LogP contribution in [0.25, 0.3) is 0 Å². The van der Waals surface area contributed by atoms with Crippen LogP contribution in [0.15, 0.2) is 53.7 Å². The number of ether oxygens (including phenoxy) is 2. The first-order chi connectivity index (χ1) is 17.4. The Morgan fingerprint density at radius 1 is 1.03 bits per heavy atom. The highest BCUT2D eigenvalue weighted by Crippen LogP contribution is 2.22. The van der Waals surface area contributed by atoms with Gasteiger partial charge in [-0.25, -0.2) is 4.79 Å². The van der Waals surface area contributed by atoms with Crippen molar-refractivity contribution >= 4 is 35.2 Å². The van der Waals surface area contributed by atoms with Crippen molar-refractivity contribution in [2.75, 3.05) is 31.9 Å². The number of thioether (sulfide) groups is 1. The average Bonchev–Trinajstić information content (AvgIpc) is 3.33. The maximum Gasteiger partial charge on any atom is 0.337 e. The SMILES string of the molecule is CCn1c(SCC(=O)Nc2ccc(C(=O)OC)cc2)nnc1[C@H](CO)NC(=O)c1ccc(OC)cc1. The van der Waals surface area contributed by atoms with Gasteiger partial charge >= 0.3 is 5.97 Å². The molecular formula is C24H27N5O6S. The third-order valence-electron chi connectivity index (χ3n) is 5.14. The number of anilines is 1. The smallest absolute Gasteiger partial charge is 0.337 e. The van der Waals surface area contributed by atoms with E-state index >= 15 is 0 Å². The maximum absolute atomic E-state index is 12.7. The number of rotatable bonds is 11. The summed E-state index contributed by atoms with van der Waals surface area (Å²) in [5, 5.41) is 24.2. The molecule has 3 aromatic rings. The minimum absolute atomic E-state index is 0.0544. The Labute approximate surface area is 212 Å². The zero-order valence-electron chi connectivity index (χ0n) is 20.1. The Kier molecular flexibility index (Phi) is 9.42. The molecule has 0 radical (unpaired) electrons. The summed E-state index contributed by atoms with van der Waals surface area (Å²) < 4.78 is 11.5. The summed E-state index contributed by atoms with van der Waals surface area (Å²) in [6.45, 7) is 1.96. The predicted molar refractivity (Wildman–Crippen MR) is 133 cm³/mol. The summed E-state index contributed by atoms with van der Waals surface area (Å²) in [5.41, 5.74) is 1.32. The lowest BCUT2D eigenvalue weighted by atomic mass is 10.2. The van der Waals surface area contributed by atoms with Gasteiger partial charge in [0.2, 0.25) is 5.91 Å². The van der Waals surface area contributed by atoms with Gasteiger partial charge in [0.1, 0.15) is 11.8 Å². The van der Waals surface area contributed by atoms with Gasteiger partial charge in [0.25, 0.3) is 5.91 Å². The Morgan fingerprint density at radius 2 is 1.69 bits per heavy atom. The van der Waals surface area contributed by atoms with Crippen molar-refractivity contribution in [3.63, 3.8) is 0 Å². The molecule has 2 aromatic carbocycles. The van der Waals surface area contributed by atoms with Crippen molar-refractivity contribution in [2.45, 2.75) is 24.7 Å². The minimum atomic E-state index is -0.788. The van der Waals surface area contributed by atoms with Gasteiger partial charge in [-0.15, -0.1) is 10.2 Å². The first kappa shape index (κ1) is 26.7. The van der Waals surface area contributed by atoms with Crippen molar-refractivity contribution in [1.82, 2.24) is 20.1 Å². The summed E-state index contributed by atoms with van der Waals surface area (Å²) in [7, 11) is 2.84. The fourth-order valence-corrected chi connectivity index (χ4v) is 4.08. The first-order valence-corrected chi connectivity index (χ1v) is 12.0. The summed E-state index contributed by atoms with van der Waals surface area (Å²) in [6.07, 6.45) is 0. The Hall–Kier alpha value is -3.90. The number of carbonyl (C=O) groups is 3. The topological polar surface area (TPSA) is 145 Å². The van der Waals surface area contributed by atoms with Crippen LogP contribution in [0.3, 0.4) is 0 Å². The van der Waals surface area contributed by atoms with Crippen molar-refractivity contribution in [3.8, 4) is 5.75 Å². The molecule has 3 rings (SSSR count). The molecule has 2 amide bonds. The summed E-state index contributed by atoms with van der Waals surface area (Å²) in [5.74, 6) is -0.0555. The van der Waals surface area contributed by atoms with E-state index in [2.05, 4.69) is 25.6 Å². The number of aliphatic hydroxyl groups excluding tert-OH is 1. The van der Waals surface area contributed by atoms with Crippen LogP contribution < -0.4 is 15.4 Å². The highest BCUT2D eigenvalue weighted by atomic mass is 32.2. The van der Waals surface area contributed by atoms with Crippen LogP contribution in [-0.4, -0.2) is 64.2 Å². The third kappa shape index (κ3) is 6.61. The lowest BCUT2D eigenvalue weighted by molar-refractivity contribution is -0.113. The number of esters is 1. The van der Waals surface area contributed by atoms with Crippen LogP contribution in [-0.2, 0) is 16.1 Å². The zero-order valence-corrected chi connectivity index (χ0v) is 20.9. The van der Waals surface area contributed by atoms with Gasteiger partial charge in [0.05, 0.1) is 32.1 Å². The largest absolute Gasteiger partial charge is 0.497 e. The summed E-state index contributed by atoms with van der Waals surface area (Å²) >= 11 is 1.17. The molecule has 0 fully saturated rings. The molecule has 190 valence electrons. The number of aromatic nitrogens is 3. The second-order valence-corrected chi connectivity index (χ2v) is 8.37. The maximum atomic E-state index is 12.7. The minimum Gasteiger partial charge on any atom is -0.497 e. The number of nitrogens with one attached hydrogen (secondary N) is 2. The van der Waals surface area contributed by atoms with Crippen LogP contribution in [0.2, 0.25) is 0 Å². The Balaban J connectivity index is 1.62. The zero-order chi connectivity index (χ0) is 26.1. The van der Waals surface area contributed by atoms with Gasteiger partial charge in [-0.1, -0.05) is 11.8 Å². The van der Waals surface area contributed by atoms with E-state index in [-0.39, 0.29) is 24.2 Å². The number of carbonyl (C=O) groups excluding carboxylic acids is 3. The molecule has 0 saturated carbocycles. The number of aliphatic hydroxyl groups is 1. The van der Waals surface area contributed by atoms with Gasteiger partial charge in [0, 0.05) is 17.8 Å². The van der Waals surface area contributed by atoms with Crippen LogP contribution in [0.4, 0.5) is 5.69 Å². The molecule has 12 heteroatoms. The van der Waals surface area contributed by atoms with Gasteiger partial charge in [0.15, 0.2) is 11.0 Å². The van der Waals surface area contributed by atoms with E-state index in [1.54, 1.807) is 53.1 Å². The third-order valence-corrected chi connectivity index (χ3v) is 6.10. The van der Waals surface area contributed by atoms with E-state index in [0.717, 1.165) is 0 Å². The van der Waals surface area contributed by atoms with Crippen LogP contribution in [0, 0.1) is 0 Å². The van der Waals surface area contributed by atoms with Crippen LogP contribution in [0.1, 0.15) is 39.5 Å². The van der Waals surface area contributed by atoms with E-state index in [9.17, 15) is 19.5 Å². The second kappa shape index (κ2) is 12.7. The van der Waals surface area contributed by atoms with Crippen molar-refractivity contribution in [2.24, 2.45) is 0 Å². The molecule has 1 heterocycles. The molecule has 0 unspecified atom stereocenters. The predicted octanol–water partition coefficient (Wildman–Crippen LogP) is 2.29. The standard InChI is InChI=1S/C24H27N5O6S/c1-4-29-21(19(13-30)26-22(32)15-7-11-18(34-2)12-8-15)27-28-24(29)36-14-20(31)25-17-9-5-16(6-10-17)23(33)35-3/h5-12,19,30H,4,13-14H2,1-3H3,(H,25,31)(H,26,32)/t19-/m0/s1. The lowest BCUT2D eigenvalue weighted by Gasteiger charge is -2.17. The van der Waals surface area contributed by atoms with Crippen molar-refractivity contribution in [1.29, 1.82) is 0 Å². The monoisotopic (exact) mass is 513 g/mol.